The molecule has 0 radical (unpaired) electrons. The number of ether oxygens (including phenoxy) is 3. The fourth-order valence-corrected chi connectivity index (χ4v) is 14.4. The van der Waals surface area contributed by atoms with Crippen molar-refractivity contribution in [2.45, 2.75) is 167 Å². The number of carbonyl (C=O) groups is 2. The molecular formula is C41H65NO10. The van der Waals surface area contributed by atoms with Gasteiger partial charge >= 0.3 is 5.97 Å². The van der Waals surface area contributed by atoms with Crippen LogP contribution in [0.2, 0.25) is 0 Å². The van der Waals surface area contributed by atoms with Crippen LogP contribution in [0, 0.1) is 70.0 Å². The number of aliphatic carboxylic acids is 1. The molecule has 11 nitrogen and oxygen atoms in total. The van der Waals surface area contributed by atoms with E-state index in [-0.39, 0.29) is 53.1 Å². The quantitative estimate of drug-likeness (QED) is 0.178. The van der Waals surface area contributed by atoms with Crippen LogP contribution in [0.4, 0.5) is 0 Å². The van der Waals surface area contributed by atoms with Crippen molar-refractivity contribution in [3.63, 3.8) is 0 Å². The number of aliphatic hydroxyl groups excluding tert-OH is 2. The summed E-state index contributed by atoms with van der Waals surface area (Å²) in [5.41, 5.74) is -0.676. The number of hydrogen-bond donors (Lipinski definition) is 4. The van der Waals surface area contributed by atoms with E-state index in [0.29, 0.717) is 48.3 Å². The van der Waals surface area contributed by atoms with Crippen molar-refractivity contribution in [1.82, 2.24) is 5.32 Å². The van der Waals surface area contributed by atoms with Crippen LogP contribution in [0.15, 0.2) is 0 Å². The lowest BCUT2D eigenvalue weighted by molar-refractivity contribution is -0.578. The first-order valence-electron chi connectivity index (χ1n) is 20.8. The van der Waals surface area contributed by atoms with E-state index in [1.807, 2.05) is 6.92 Å². The van der Waals surface area contributed by atoms with Crippen molar-refractivity contribution < 1.29 is 48.9 Å². The van der Waals surface area contributed by atoms with Crippen molar-refractivity contribution in [3.05, 3.63) is 0 Å². The highest BCUT2D eigenvalue weighted by atomic mass is 17.3. The molecule has 11 heteroatoms. The molecule has 8 unspecified atom stereocenters. The van der Waals surface area contributed by atoms with Crippen molar-refractivity contribution >= 4 is 11.9 Å². The molecule has 1 spiro atoms. The van der Waals surface area contributed by atoms with Crippen LogP contribution >= 0.6 is 0 Å². The Morgan fingerprint density at radius 1 is 0.846 bits per heavy atom. The summed E-state index contributed by atoms with van der Waals surface area (Å²) >= 11 is 0. The van der Waals surface area contributed by atoms with Crippen LogP contribution in [0.25, 0.3) is 0 Å². The number of hydrogen-bond acceptors (Lipinski definition) is 9. The van der Waals surface area contributed by atoms with Gasteiger partial charge in [0.1, 0.15) is 6.54 Å². The van der Waals surface area contributed by atoms with Gasteiger partial charge in [-0.05, 0) is 136 Å². The third kappa shape index (κ3) is 5.75. The average molecular weight is 732 g/mol. The number of amides is 1. The third-order valence-electron chi connectivity index (χ3n) is 17.2. The Hall–Kier alpha value is -1.34. The maximum Gasteiger partial charge on any atom is 0.322 e. The molecule has 5 saturated carbocycles. The van der Waals surface area contributed by atoms with Crippen molar-refractivity contribution in [3.8, 4) is 0 Å². The van der Waals surface area contributed by atoms with Gasteiger partial charge in [0.15, 0.2) is 18.2 Å². The molecule has 19 atom stereocenters. The summed E-state index contributed by atoms with van der Waals surface area (Å²) in [6, 6.07) is 0. The van der Waals surface area contributed by atoms with Gasteiger partial charge < -0.3 is 34.8 Å². The van der Waals surface area contributed by atoms with Gasteiger partial charge in [-0.15, -0.1) is 0 Å². The zero-order valence-corrected chi connectivity index (χ0v) is 32.3. The van der Waals surface area contributed by atoms with E-state index < -0.39 is 42.1 Å². The molecular weight excluding hydrogens is 666 g/mol. The van der Waals surface area contributed by atoms with Crippen LogP contribution in [0.1, 0.15) is 125 Å². The van der Waals surface area contributed by atoms with Gasteiger partial charge in [0.25, 0.3) is 0 Å². The standard InChI is InChI=1S/C41H65NO10/c1-21(8-12-31(43)42-20-32(44)45)25-10-11-28-33-29(14-17-38(25,28)4)39(5)16-13-24(19-30(39)34(46)35(33)47)48-36-23(3)27-9-7-22(2)26-15-18-40(6)50-37(49-36)41(26,27)52-51-40/h21-30,33-37,46-47H,7-20H2,1-6H3,(H,42,43)(H,44,45)/t21-,22-,23-,24-,25-,26?,27+,28?,29?,30?,33?,34-,35?,36?,37?,38-,39-,40+,41-/m1/s1. The lowest BCUT2D eigenvalue weighted by Crippen LogP contribution is -2.70. The van der Waals surface area contributed by atoms with Gasteiger partial charge in [-0.2, -0.15) is 0 Å². The molecule has 9 fully saturated rings. The Bertz CT molecular complexity index is 1380. The minimum Gasteiger partial charge on any atom is -0.480 e. The van der Waals surface area contributed by atoms with Crippen LogP contribution in [-0.2, 0) is 33.6 Å². The summed E-state index contributed by atoms with van der Waals surface area (Å²) in [6.07, 6.45) is 9.08. The van der Waals surface area contributed by atoms with Crippen molar-refractivity contribution in [2.75, 3.05) is 6.54 Å². The maximum atomic E-state index is 12.3. The molecule has 4 heterocycles. The van der Waals surface area contributed by atoms with Crippen LogP contribution in [-0.4, -0.2) is 76.0 Å². The number of fused-ring (bicyclic) bond motifs is 7. The summed E-state index contributed by atoms with van der Waals surface area (Å²) in [7, 11) is 0. The second-order valence-corrected chi connectivity index (χ2v) is 19.6. The second kappa shape index (κ2) is 13.4. The highest BCUT2D eigenvalue weighted by Gasteiger charge is 2.70. The normalized spacial score (nSPS) is 54.2. The van der Waals surface area contributed by atoms with Crippen LogP contribution < -0.4 is 5.32 Å². The summed E-state index contributed by atoms with van der Waals surface area (Å²) in [5.74, 6) is 0.406. The largest absolute Gasteiger partial charge is 0.480 e. The number of carboxylic acids is 1. The topological polar surface area (TPSA) is 153 Å². The first-order chi connectivity index (χ1) is 24.6. The van der Waals surface area contributed by atoms with E-state index in [1.165, 1.54) is 0 Å². The molecule has 9 aliphatic rings. The summed E-state index contributed by atoms with van der Waals surface area (Å²) in [4.78, 5) is 35.5. The van der Waals surface area contributed by atoms with E-state index in [2.05, 4.69) is 39.9 Å². The predicted molar refractivity (Wildman–Crippen MR) is 189 cm³/mol. The number of carboxylic acid groups (broad SMARTS) is 1. The van der Waals surface area contributed by atoms with E-state index in [1.54, 1.807) is 0 Å². The third-order valence-corrected chi connectivity index (χ3v) is 17.2. The predicted octanol–water partition coefficient (Wildman–Crippen LogP) is 5.80. The number of aliphatic hydroxyl groups is 2. The van der Waals surface area contributed by atoms with E-state index in [9.17, 15) is 19.8 Å². The summed E-state index contributed by atoms with van der Waals surface area (Å²) in [5, 5.41) is 35.5. The van der Waals surface area contributed by atoms with E-state index in [4.69, 9.17) is 29.1 Å². The molecule has 5 aliphatic carbocycles. The zero-order chi connectivity index (χ0) is 37.0. The van der Waals surface area contributed by atoms with Gasteiger partial charge in [0, 0.05) is 24.7 Å². The number of rotatable bonds is 8. The average Bonchev–Trinajstić information content (AvgIpc) is 3.30. The zero-order valence-electron chi connectivity index (χ0n) is 32.3. The molecule has 4 aliphatic heterocycles. The van der Waals surface area contributed by atoms with Gasteiger partial charge in [-0.1, -0.05) is 34.6 Å². The highest BCUT2D eigenvalue weighted by Crippen LogP contribution is 2.69. The molecule has 0 aromatic carbocycles. The molecule has 0 aromatic rings. The van der Waals surface area contributed by atoms with Gasteiger partial charge in [-0.3, -0.25) is 9.59 Å². The first kappa shape index (κ1) is 37.6. The Morgan fingerprint density at radius 3 is 2.33 bits per heavy atom. The fraction of sp³-hybridized carbons (Fsp3) is 0.951. The highest BCUT2D eigenvalue weighted by molar-refractivity contribution is 5.81. The van der Waals surface area contributed by atoms with Crippen LogP contribution in [0.5, 0.6) is 0 Å². The second-order valence-electron chi connectivity index (χ2n) is 19.6. The maximum absolute atomic E-state index is 12.3. The van der Waals surface area contributed by atoms with E-state index in [0.717, 1.165) is 70.6 Å². The molecule has 294 valence electrons. The molecule has 0 aromatic heterocycles. The lowest BCUT2D eigenvalue weighted by atomic mass is 9.43. The lowest BCUT2D eigenvalue weighted by Gasteiger charge is -2.64. The smallest absolute Gasteiger partial charge is 0.322 e. The Balaban J connectivity index is 0.942. The van der Waals surface area contributed by atoms with Gasteiger partial charge in [0.2, 0.25) is 11.7 Å². The Kier molecular flexibility index (Phi) is 9.69. The van der Waals surface area contributed by atoms with Gasteiger partial charge in [0.05, 0.1) is 18.3 Å². The van der Waals surface area contributed by atoms with E-state index >= 15 is 0 Å². The van der Waals surface area contributed by atoms with Gasteiger partial charge in [-0.25, -0.2) is 9.78 Å². The summed E-state index contributed by atoms with van der Waals surface area (Å²) in [6.45, 7) is 13.2. The fourth-order valence-electron chi connectivity index (χ4n) is 14.4. The van der Waals surface area contributed by atoms with Crippen molar-refractivity contribution in [1.29, 1.82) is 0 Å². The summed E-state index contributed by atoms with van der Waals surface area (Å²) < 4.78 is 20.3. The first-order valence-corrected chi connectivity index (χ1v) is 20.8. The minimum absolute atomic E-state index is 0.0371. The molecule has 9 rings (SSSR count). The molecule has 2 bridgehead atoms. The Labute approximate surface area is 309 Å². The molecule has 4 N–H and O–H groups in total. The minimum atomic E-state index is -1.03. The number of nitrogens with one attached hydrogen (secondary N) is 1. The molecule has 52 heavy (non-hydrogen) atoms. The number of carbonyl (C=O) groups excluding carboxylic acids is 1. The molecule has 1 amide bonds. The van der Waals surface area contributed by atoms with Crippen molar-refractivity contribution in [2.24, 2.45) is 70.0 Å². The van der Waals surface area contributed by atoms with Crippen LogP contribution in [0.3, 0.4) is 0 Å². The SMILES string of the molecule is C[C@@H]1CC[C@H]2[C@@H](C)C(O[C@@H]3CC[C@]4(C)C5CC[C@@]6(C)C(CC[C@@H]6[C@H](C)CCC(=O)NCC(=O)O)C5C(O)[C@H](O)C4C3)OC3O[C@]4(C)CCC1[C@]32OO4. The molecule has 4 saturated heterocycles. The monoisotopic (exact) mass is 731 g/mol. The Morgan fingerprint density at radius 2 is 1.56 bits per heavy atom.